The molecule has 0 aromatic heterocycles. The minimum absolute atomic E-state index is 0.190. The van der Waals surface area contributed by atoms with Crippen LogP contribution in [-0.2, 0) is 0 Å². The molecule has 186 valence electrons. The smallest absolute Gasteiger partial charge is 0.185 e. The second-order valence-corrected chi connectivity index (χ2v) is 10.5. The summed E-state index contributed by atoms with van der Waals surface area (Å²) >= 11 is 0. The maximum absolute atomic E-state index is 11.3. The molecule has 0 aromatic rings. The van der Waals surface area contributed by atoms with Gasteiger partial charge in [0.25, 0.3) is 0 Å². The summed E-state index contributed by atoms with van der Waals surface area (Å²) in [6.45, 7) is 8.73. The molecule has 3 atom stereocenters. The quantitative estimate of drug-likeness (QED) is 0.119. The van der Waals surface area contributed by atoms with Gasteiger partial charge >= 0.3 is 0 Å². The van der Waals surface area contributed by atoms with Crippen LogP contribution in [0, 0.1) is 5.92 Å². The first-order valence-electron chi connectivity index (χ1n) is 13.5. The van der Waals surface area contributed by atoms with Crippen LogP contribution in [0.5, 0.6) is 0 Å². The topological polar surface area (TPSA) is 92.3 Å². The first kappa shape index (κ1) is 27.1. The molecular formula is C26H52N5O+. The first-order chi connectivity index (χ1) is 15.4. The van der Waals surface area contributed by atoms with Crippen LogP contribution in [0.1, 0.15) is 104 Å². The summed E-state index contributed by atoms with van der Waals surface area (Å²) < 4.78 is 0. The number of hydrogen-bond donors (Lipinski definition) is 4. The molecule has 1 saturated heterocycles. The summed E-state index contributed by atoms with van der Waals surface area (Å²) in [7, 11) is 0. The second-order valence-electron chi connectivity index (χ2n) is 10.5. The van der Waals surface area contributed by atoms with E-state index in [0.717, 1.165) is 51.2 Å². The summed E-state index contributed by atoms with van der Waals surface area (Å²) in [5, 5.41) is 11.3. The molecule has 2 heterocycles. The lowest BCUT2D eigenvalue weighted by Gasteiger charge is -2.43. The van der Waals surface area contributed by atoms with Crippen LogP contribution in [0.4, 0.5) is 0 Å². The van der Waals surface area contributed by atoms with Crippen LogP contribution in [0.2, 0.25) is 0 Å². The fraction of sp³-hybridized carbons (Fsp3) is 0.885. The number of nitrogens with zero attached hydrogens (tertiary/aromatic N) is 2. The van der Waals surface area contributed by atoms with E-state index in [-0.39, 0.29) is 5.96 Å². The van der Waals surface area contributed by atoms with E-state index in [1.54, 1.807) is 4.90 Å². The highest BCUT2D eigenvalue weighted by molar-refractivity contribution is 5.75. The molecule has 0 radical (unpaired) electrons. The van der Waals surface area contributed by atoms with Gasteiger partial charge in [-0.2, -0.15) is 0 Å². The Labute approximate surface area is 197 Å². The summed E-state index contributed by atoms with van der Waals surface area (Å²) in [6.07, 6.45) is 22.1. The number of guanidine groups is 1. The number of aliphatic hydroxyl groups is 1. The molecule has 6 nitrogen and oxygen atoms in total. The van der Waals surface area contributed by atoms with Gasteiger partial charge in [-0.05, 0) is 50.2 Å². The molecule has 3 unspecified atom stereocenters. The normalized spacial score (nSPS) is 25.4. The maximum Gasteiger partial charge on any atom is 0.185 e. The zero-order valence-electron chi connectivity index (χ0n) is 21.0. The van der Waals surface area contributed by atoms with Crippen molar-refractivity contribution in [2.24, 2.45) is 22.4 Å². The highest BCUT2D eigenvalue weighted by Crippen LogP contribution is 2.30. The van der Waals surface area contributed by atoms with E-state index in [1.165, 1.54) is 70.8 Å². The highest BCUT2D eigenvalue weighted by atomic mass is 16.3. The molecule has 6 N–H and O–H groups in total. The average molecular weight is 451 g/mol. The van der Waals surface area contributed by atoms with E-state index >= 15 is 0 Å². The lowest BCUT2D eigenvalue weighted by atomic mass is 10.0. The van der Waals surface area contributed by atoms with Crippen molar-refractivity contribution >= 4 is 5.96 Å². The fourth-order valence-electron chi connectivity index (χ4n) is 5.35. The van der Waals surface area contributed by atoms with Crippen molar-refractivity contribution in [1.82, 2.24) is 4.90 Å². The lowest BCUT2D eigenvalue weighted by molar-refractivity contribution is -0.937. The van der Waals surface area contributed by atoms with Gasteiger partial charge in [-0.25, -0.2) is 4.90 Å². The molecule has 2 rings (SSSR count). The summed E-state index contributed by atoms with van der Waals surface area (Å²) in [6, 6.07) is 0. The number of quaternary nitrogens is 1. The van der Waals surface area contributed by atoms with Crippen molar-refractivity contribution in [3.8, 4) is 0 Å². The van der Waals surface area contributed by atoms with Crippen LogP contribution >= 0.6 is 0 Å². The predicted octanol–water partition coefficient (Wildman–Crippen LogP) is 3.16. The standard InChI is InChI=1S/C26H51N5O/c1-23(2)15-10-7-5-3-4-6-8-11-17-26(32)18-16-24-30(21-14-22-31(24)26)20-13-9-12-19-29-25(27)28/h16,18,23-24,32H,3-15,17,19-22H2,1-2H3,(H4,27,28,29)/p+1. The number of rotatable bonds is 17. The Morgan fingerprint density at radius 2 is 1.69 bits per heavy atom. The van der Waals surface area contributed by atoms with E-state index < -0.39 is 5.72 Å². The molecule has 32 heavy (non-hydrogen) atoms. The van der Waals surface area contributed by atoms with Crippen LogP contribution in [-0.4, -0.2) is 54.0 Å². The molecule has 6 heteroatoms. The van der Waals surface area contributed by atoms with Gasteiger partial charge in [0.15, 0.2) is 12.1 Å². The van der Waals surface area contributed by atoms with E-state index in [0.29, 0.717) is 6.17 Å². The summed E-state index contributed by atoms with van der Waals surface area (Å²) in [5.74, 6) is 1.04. The lowest BCUT2D eigenvalue weighted by Crippen LogP contribution is -3.18. The SMILES string of the molecule is CC(C)CCCCCCCCCCC1(O)C=CC2N1CCC[NH+]2CCCCCN=C(N)N. The molecule has 0 aliphatic carbocycles. The molecule has 0 amide bonds. The largest absolute Gasteiger partial charge is 0.372 e. The third-order valence-electron chi connectivity index (χ3n) is 7.22. The molecule has 0 aromatic carbocycles. The Bertz CT molecular complexity index is 560. The Morgan fingerprint density at radius 3 is 2.38 bits per heavy atom. The fourth-order valence-corrected chi connectivity index (χ4v) is 5.35. The molecule has 2 aliphatic rings. The number of nitrogens with one attached hydrogen (secondary N) is 1. The van der Waals surface area contributed by atoms with Crippen LogP contribution < -0.4 is 16.4 Å². The van der Waals surface area contributed by atoms with Crippen molar-refractivity contribution in [2.45, 2.75) is 116 Å². The Morgan fingerprint density at radius 1 is 1.03 bits per heavy atom. The first-order valence-corrected chi connectivity index (χ1v) is 13.5. The third kappa shape index (κ3) is 9.80. The van der Waals surface area contributed by atoms with E-state index in [1.807, 2.05) is 0 Å². The van der Waals surface area contributed by atoms with Gasteiger partial charge in [-0.3, -0.25) is 4.99 Å². The molecular weight excluding hydrogens is 398 g/mol. The van der Waals surface area contributed by atoms with Gasteiger partial charge in [-0.1, -0.05) is 65.2 Å². The van der Waals surface area contributed by atoms with E-state index in [9.17, 15) is 5.11 Å². The van der Waals surface area contributed by atoms with Crippen molar-refractivity contribution in [3.05, 3.63) is 12.2 Å². The maximum atomic E-state index is 11.3. The number of hydrogen-bond acceptors (Lipinski definition) is 3. The van der Waals surface area contributed by atoms with Crippen molar-refractivity contribution in [3.63, 3.8) is 0 Å². The van der Waals surface area contributed by atoms with Crippen molar-refractivity contribution < 1.29 is 10.0 Å². The van der Waals surface area contributed by atoms with E-state index in [2.05, 4.69) is 35.9 Å². The van der Waals surface area contributed by atoms with Gasteiger partial charge in [0.1, 0.15) is 5.72 Å². The Hall–Kier alpha value is -1.11. The van der Waals surface area contributed by atoms with Crippen LogP contribution in [0.15, 0.2) is 17.1 Å². The van der Waals surface area contributed by atoms with Gasteiger partial charge in [0, 0.05) is 19.5 Å². The molecule has 0 saturated carbocycles. The average Bonchev–Trinajstić information content (AvgIpc) is 3.09. The molecule has 2 aliphatic heterocycles. The Kier molecular flexibility index (Phi) is 12.7. The zero-order valence-corrected chi connectivity index (χ0v) is 21.0. The number of aliphatic imine (C=N–C) groups is 1. The second kappa shape index (κ2) is 14.9. The minimum atomic E-state index is -0.722. The van der Waals surface area contributed by atoms with Crippen LogP contribution in [0.25, 0.3) is 0 Å². The zero-order chi connectivity index (χ0) is 23.2. The molecule has 0 bridgehead atoms. The monoisotopic (exact) mass is 450 g/mol. The summed E-state index contributed by atoms with van der Waals surface area (Å²) in [4.78, 5) is 8.02. The van der Waals surface area contributed by atoms with Gasteiger partial charge in [-0.15, -0.1) is 0 Å². The highest BCUT2D eigenvalue weighted by Gasteiger charge is 2.46. The predicted molar refractivity (Wildman–Crippen MR) is 135 cm³/mol. The van der Waals surface area contributed by atoms with Gasteiger partial charge in [0.05, 0.1) is 13.1 Å². The summed E-state index contributed by atoms with van der Waals surface area (Å²) in [5.41, 5.74) is 10.0. The van der Waals surface area contributed by atoms with Gasteiger partial charge in [0.2, 0.25) is 0 Å². The van der Waals surface area contributed by atoms with Gasteiger partial charge < -0.3 is 21.5 Å². The van der Waals surface area contributed by atoms with Crippen molar-refractivity contribution in [2.75, 3.05) is 26.2 Å². The molecule has 1 fully saturated rings. The molecule has 0 spiro atoms. The number of fused-ring (bicyclic) bond motifs is 1. The Balaban J connectivity index is 1.58. The number of unbranched alkanes of at least 4 members (excludes halogenated alkanes) is 9. The van der Waals surface area contributed by atoms with Crippen molar-refractivity contribution in [1.29, 1.82) is 0 Å². The van der Waals surface area contributed by atoms with Crippen LogP contribution in [0.3, 0.4) is 0 Å². The minimum Gasteiger partial charge on any atom is -0.372 e. The van der Waals surface area contributed by atoms with E-state index in [4.69, 9.17) is 11.5 Å². The third-order valence-corrected chi connectivity index (χ3v) is 7.22. The number of nitrogens with two attached hydrogens (primary N) is 2.